The number of anilines is 1. The van der Waals surface area contributed by atoms with Crippen molar-refractivity contribution < 1.29 is 0 Å². The Morgan fingerprint density at radius 3 is 3.05 bits per heavy atom. The summed E-state index contributed by atoms with van der Waals surface area (Å²) in [6, 6.07) is 2.91. The van der Waals surface area contributed by atoms with Crippen LogP contribution < -0.4 is 10.2 Å². The molecule has 1 saturated carbocycles. The topological polar surface area (TPSA) is 28.2 Å². The average molecular weight is 308 g/mol. The van der Waals surface area contributed by atoms with E-state index in [1.807, 2.05) is 6.20 Å². The highest BCUT2D eigenvalue weighted by molar-refractivity contribution is 6.31. The van der Waals surface area contributed by atoms with Gasteiger partial charge in [-0.2, -0.15) is 0 Å². The molecule has 1 aliphatic carbocycles. The Kier molecular flexibility index (Phi) is 5.02. The van der Waals surface area contributed by atoms with E-state index in [-0.39, 0.29) is 0 Å². The normalized spacial score (nSPS) is 25.1. The molecule has 3 nitrogen and oxygen atoms in total. The summed E-state index contributed by atoms with van der Waals surface area (Å²) in [5, 5.41) is 4.22. The van der Waals surface area contributed by atoms with Crippen molar-refractivity contribution in [2.75, 3.05) is 18.0 Å². The number of fused-ring (bicyclic) bond motifs is 1. The zero-order valence-corrected chi connectivity index (χ0v) is 13.7. The fourth-order valence-electron chi connectivity index (χ4n) is 3.90. The number of rotatable bonds is 5. The predicted octanol–water partition coefficient (Wildman–Crippen LogP) is 4.00. The van der Waals surface area contributed by atoms with Crippen LogP contribution in [-0.2, 0) is 6.54 Å². The van der Waals surface area contributed by atoms with Crippen molar-refractivity contribution in [2.24, 2.45) is 5.92 Å². The van der Waals surface area contributed by atoms with Crippen molar-refractivity contribution in [3.63, 3.8) is 0 Å². The van der Waals surface area contributed by atoms with Crippen LogP contribution in [0.1, 0.15) is 51.0 Å². The predicted molar refractivity (Wildman–Crippen MR) is 89.0 cm³/mol. The summed E-state index contributed by atoms with van der Waals surface area (Å²) in [5.74, 6) is 2.02. The van der Waals surface area contributed by atoms with Crippen LogP contribution in [0.25, 0.3) is 0 Å². The van der Waals surface area contributed by atoms with Gasteiger partial charge in [0.25, 0.3) is 0 Å². The first kappa shape index (κ1) is 15.1. The Morgan fingerprint density at radius 1 is 1.33 bits per heavy atom. The number of hydrogen-bond acceptors (Lipinski definition) is 3. The first-order chi connectivity index (χ1) is 10.3. The summed E-state index contributed by atoms with van der Waals surface area (Å²) in [5.41, 5.74) is 1.18. The lowest BCUT2D eigenvalue weighted by Gasteiger charge is -2.38. The molecular weight excluding hydrogens is 282 g/mol. The van der Waals surface area contributed by atoms with E-state index < -0.39 is 0 Å². The largest absolute Gasteiger partial charge is 0.353 e. The zero-order valence-electron chi connectivity index (χ0n) is 12.9. The molecule has 1 saturated heterocycles. The van der Waals surface area contributed by atoms with Crippen molar-refractivity contribution >= 4 is 17.4 Å². The van der Waals surface area contributed by atoms with Gasteiger partial charge in [-0.15, -0.1) is 0 Å². The maximum atomic E-state index is 6.30. The molecule has 2 unspecified atom stereocenters. The van der Waals surface area contributed by atoms with Gasteiger partial charge in [-0.3, -0.25) is 0 Å². The molecule has 116 valence electrons. The van der Waals surface area contributed by atoms with Gasteiger partial charge in [-0.1, -0.05) is 24.9 Å². The highest BCUT2D eigenvalue weighted by Gasteiger charge is 2.35. The van der Waals surface area contributed by atoms with Crippen LogP contribution >= 0.6 is 11.6 Å². The Morgan fingerprint density at radius 2 is 2.19 bits per heavy atom. The Hall–Kier alpha value is -0.800. The molecule has 2 fully saturated rings. The van der Waals surface area contributed by atoms with E-state index in [4.69, 9.17) is 11.6 Å². The third-order valence-corrected chi connectivity index (χ3v) is 5.29. The molecule has 0 radical (unpaired) electrons. The first-order valence-corrected chi connectivity index (χ1v) is 8.79. The van der Waals surface area contributed by atoms with Crippen LogP contribution in [-0.4, -0.2) is 24.1 Å². The van der Waals surface area contributed by atoms with E-state index in [1.165, 1.54) is 37.7 Å². The lowest BCUT2D eigenvalue weighted by Crippen LogP contribution is -2.43. The van der Waals surface area contributed by atoms with Crippen LogP contribution in [0.5, 0.6) is 0 Å². The standard InChI is InChI=1S/C17H26ClN3/c1-2-8-19-11-14-10-17(20-12-15(14)18)21-9-4-6-13-5-3-7-16(13)21/h10,12-13,16,19H,2-9,11H2,1H3. The van der Waals surface area contributed by atoms with Crippen molar-refractivity contribution in [2.45, 2.75) is 58.0 Å². The number of hydrogen-bond donors (Lipinski definition) is 1. The van der Waals surface area contributed by atoms with Gasteiger partial charge >= 0.3 is 0 Å². The molecule has 2 atom stereocenters. The summed E-state index contributed by atoms with van der Waals surface area (Å²) in [7, 11) is 0. The smallest absolute Gasteiger partial charge is 0.129 e. The molecule has 4 heteroatoms. The second-order valence-electron chi connectivity index (χ2n) is 6.40. The molecule has 2 heterocycles. The molecule has 1 aliphatic heterocycles. The van der Waals surface area contributed by atoms with Gasteiger partial charge in [0.1, 0.15) is 5.82 Å². The van der Waals surface area contributed by atoms with Crippen molar-refractivity contribution in [3.8, 4) is 0 Å². The molecule has 0 spiro atoms. The maximum absolute atomic E-state index is 6.30. The molecule has 1 aromatic heterocycles. The third kappa shape index (κ3) is 3.35. The van der Waals surface area contributed by atoms with E-state index in [0.717, 1.165) is 42.8 Å². The minimum atomic E-state index is 0.712. The lowest BCUT2D eigenvalue weighted by atomic mass is 9.92. The summed E-state index contributed by atoms with van der Waals surface area (Å²) in [4.78, 5) is 7.16. The van der Waals surface area contributed by atoms with E-state index in [1.54, 1.807) is 0 Å². The first-order valence-electron chi connectivity index (χ1n) is 8.41. The van der Waals surface area contributed by atoms with Crippen LogP contribution in [0.2, 0.25) is 5.02 Å². The molecule has 1 N–H and O–H groups in total. The number of nitrogens with zero attached hydrogens (tertiary/aromatic N) is 2. The Bertz CT molecular complexity index is 477. The molecule has 21 heavy (non-hydrogen) atoms. The number of pyridine rings is 1. The summed E-state index contributed by atoms with van der Waals surface area (Å²) in [6.07, 6.45) is 9.79. The Labute approximate surface area is 133 Å². The van der Waals surface area contributed by atoms with Gasteiger partial charge in [0.2, 0.25) is 0 Å². The molecule has 1 aromatic rings. The number of halogens is 1. The quantitative estimate of drug-likeness (QED) is 0.833. The van der Waals surface area contributed by atoms with Gasteiger partial charge in [-0.25, -0.2) is 4.98 Å². The van der Waals surface area contributed by atoms with Crippen molar-refractivity contribution in [1.29, 1.82) is 0 Å². The van der Waals surface area contributed by atoms with E-state index in [0.29, 0.717) is 6.04 Å². The summed E-state index contributed by atoms with van der Waals surface area (Å²) >= 11 is 6.30. The van der Waals surface area contributed by atoms with Crippen molar-refractivity contribution in [3.05, 3.63) is 22.8 Å². The average Bonchev–Trinajstić information content (AvgIpc) is 2.98. The molecular formula is C17H26ClN3. The molecule has 2 aliphatic rings. The highest BCUT2D eigenvalue weighted by atomic mass is 35.5. The van der Waals surface area contributed by atoms with E-state index in [2.05, 4.69) is 28.2 Å². The fourth-order valence-corrected chi connectivity index (χ4v) is 4.07. The fraction of sp³-hybridized carbons (Fsp3) is 0.706. The highest BCUT2D eigenvalue weighted by Crippen LogP contribution is 2.39. The van der Waals surface area contributed by atoms with Crippen LogP contribution in [0.3, 0.4) is 0 Å². The molecule has 0 aromatic carbocycles. The minimum Gasteiger partial charge on any atom is -0.353 e. The SMILES string of the molecule is CCCNCc1cc(N2CCCC3CCCC32)ncc1Cl. The zero-order chi connectivity index (χ0) is 14.7. The molecule has 3 rings (SSSR count). The van der Waals surface area contributed by atoms with Crippen molar-refractivity contribution in [1.82, 2.24) is 10.3 Å². The van der Waals surface area contributed by atoms with Crippen LogP contribution in [0.4, 0.5) is 5.82 Å². The molecule has 0 amide bonds. The van der Waals surface area contributed by atoms with Crippen LogP contribution in [0.15, 0.2) is 12.3 Å². The molecule has 0 bridgehead atoms. The summed E-state index contributed by atoms with van der Waals surface area (Å²) in [6.45, 7) is 5.20. The lowest BCUT2D eigenvalue weighted by molar-refractivity contribution is 0.360. The van der Waals surface area contributed by atoms with E-state index in [9.17, 15) is 0 Å². The minimum absolute atomic E-state index is 0.712. The van der Waals surface area contributed by atoms with Gasteiger partial charge in [0.05, 0.1) is 5.02 Å². The Balaban J connectivity index is 1.76. The number of piperidine rings is 1. The monoisotopic (exact) mass is 307 g/mol. The third-order valence-electron chi connectivity index (χ3n) is 4.95. The summed E-state index contributed by atoms with van der Waals surface area (Å²) < 4.78 is 0. The maximum Gasteiger partial charge on any atom is 0.129 e. The van der Waals surface area contributed by atoms with E-state index >= 15 is 0 Å². The van der Waals surface area contributed by atoms with Gasteiger partial charge in [0.15, 0.2) is 0 Å². The van der Waals surface area contributed by atoms with Crippen LogP contribution in [0, 0.1) is 5.92 Å². The van der Waals surface area contributed by atoms with Gasteiger partial charge in [-0.05, 0) is 56.2 Å². The second-order valence-corrected chi connectivity index (χ2v) is 6.81. The van der Waals surface area contributed by atoms with Gasteiger partial charge < -0.3 is 10.2 Å². The second kappa shape index (κ2) is 6.97. The number of nitrogens with one attached hydrogen (secondary N) is 1. The number of aromatic nitrogens is 1. The van der Waals surface area contributed by atoms with Gasteiger partial charge in [0, 0.05) is 25.3 Å².